The Bertz CT molecular complexity index is 886. The van der Waals surface area contributed by atoms with Gasteiger partial charge in [-0.1, -0.05) is 18.2 Å². The summed E-state index contributed by atoms with van der Waals surface area (Å²) in [5.41, 5.74) is 1.94. The minimum atomic E-state index is -0.339. The highest BCUT2D eigenvalue weighted by atomic mass is 16.3. The van der Waals surface area contributed by atoms with Crippen LogP contribution in [0, 0.1) is 0 Å². The van der Waals surface area contributed by atoms with Gasteiger partial charge in [-0.3, -0.25) is 4.79 Å². The van der Waals surface area contributed by atoms with E-state index in [1.165, 1.54) is 12.3 Å². The highest BCUT2D eigenvalue weighted by Gasteiger charge is 2.03. The molecular weight excluding hydrogens is 330 g/mol. The standard InChI is InChI=1S/C20H17N3O3/c24-19(13-12-18-7-4-14-26-18)21-16-8-10-17(11-9-16)23-20(25)22-15-5-2-1-3-6-15/h1-14H,(H,21,24)(H2,22,23,25). The fraction of sp³-hybridized carbons (Fsp3) is 0. The van der Waals surface area contributed by atoms with Gasteiger partial charge in [0.05, 0.1) is 6.26 Å². The Morgan fingerprint density at radius 3 is 1.96 bits per heavy atom. The summed E-state index contributed by atoms with van der Waals surface area (Å²) in [6, 6.07) is 19.1. The monoisotopic (exact) mass is 347 g/mol. The zero-order chi connectivity index (χ0) is 18.2. The lowest BCUT2D eigenvalue weighted by Gasteiger charge is -2.08. The fourth-order valence-corrected chi connectivity index (χ4v) is 2.18. The molecular formula is C20H17N3O3. The van der Waals surface area contributed by atoms with Gasteiger partial charge in [0.1, 0.15) is 5.76 Å². The van der Waals surface area contributed by atoms with Crippen molar-refractivity contribution in [3.8, 4) is 0 Å². The molecule has 1 aromatic heterocycles. The number of benzene rings is 2. The lowest BCUT2D eigenvalue weighted by atomic mass is 10.2. The maximum absolute atomic E-state index is 11.9. The van der Waals surface area contributed by atoms with Crippen molar-refractivity contribution in [3.63, 3.8) is 0 Å². The Kier molecular flexibility index (Phi) is 5.47. The van der Waals surface area contributed by atoms with Crippen LogP contribution in [0.5, 0.6) is 0 Å². The third-order valence-electron chi connectivity index (χ3n) is 3.38. The second-order valence-electron chi connectivity index (χ2n) is 5.36. The van der Waals surface area contributed by atoms with E-state index < -0.39 is 0 Å². The van der Waals surface area contributed by atoms with Crippen molar-refractivity contribution in [2.75, 3.05) is 16.0 Å². The predicted molar refractivity (Wildman–Crippen MR) is 102 cm³/mol. The molecule has 0 unspecified atom stereocenters. The van der Waals surface area contributed by atoms with Gasteiger partial charge >= 0.3 is 6.03 Å². The molecule has 3 rings (SSSR count). The maximum Gasteiger partial charge on any atom is 0.323 e. The van der Waals surface area contributed by atoms with E-state index in [1.54, 1.807) is 54.6 Å². The first kappa shape index (κ1) is 17.0. The van der Waals surface area contributed by atoms with Gasteiger partial charge in [0.2, 0.25) is 5.91 Å². The normalized spacial score (nSPS) is 10.5. The first-order valence-corrected chi connectivity index (χ1v) is 7.95. The molecule has 2 aromatic carbocycles. The molecule has 6 nitrogen and oxygen atoms in total. The number of hydrogen-bond donors (Lipinski definition) is 3. The molecule has 0 aliphatic rings. The summed E-state index contributed by atoms with van der Waals surface area (Å²) >= 11 is 0. The minimum absolute atomic E-state index is 0.274. The zero-order valence-corrected chi connectivity index (χ0v) is 13.8. The molecule has 3 N–H and O–H groups in total. The highest BCUT2D eigenvalue weighted by Crippen LogP contribution is 2.14. The molecule has 1 heterocycles. The van der Waals surface area contributed by atoms with Crippen LogP contribution in [0.3, 0.4) is 0 Å². The quantitative estimate of drug-likeness (QED) is 0.591. The van der Waals surface area contributed by atoms with Crippen molar-refractivity contribution in [2.45, 2.75) is 0 Å². The third kappa shape index (κ3) is 5.10. The second-order valence-corrected chi connectivity index (χ2v) is 5.36. The maximum atomic E-state index is 11.9. The number of carbonyl (C=O) groups is 2. The van der Waals surface area contributed by atoms with Crippen molar-refractivity contribution < 1.29 is 14.0 Å². The Labute approximate surface area is 150 Å². The molecule has 0 saturated heterocycles. The summed E-state index contributed by atoms with van der Waals surface area (Å²) < 4.78 is 5.12. The zero-order valence-electron chi connectivity index (χ0n) is 13.8. The van der Waals surface area contributed by atoms with Gasteiger partial charge in [0, 0.05) is 23.1 Å². The average molecular weight is 347 g/mol. The number of furan rings is 1. The van der Waals surface area contributed by atoms with Crippen molar-refractivity contribution in [3.05, 3.63) is 84.8 Å². The first-order chi connectivity index (χ1) is 12.7. The van der Waals surface area contributed by atoms with Gasteiger partial charge in [0.25, 0.3) is 0 Å². The Balaban J connectivity index is 1.51. The molecule has 3 aromatic rings. The number of rotatable bonds is 5. The van der Waals surface area contributed by atoms with Crippen LogP contribution in [-0.4, -0.2) is 11.9 Å². The molecule has 0 aliphatic carbocycles. The molecule has 26 heavy (non-hydrogen) atoms. The molecule has 6 heteroatoms. The minimum Gasteiger partial charge on any atom is -0.465 e. The number of amides is 3. The SMILES string of the molecule is O=C(C=Cc1ccco1)Nc1ccc(NC(=O)Nc2ccccc2)cc1. The molecule has 0 aliphatic heterocycles. The summed E-state index contributed by atoms with van der Waals surface area (Å²) in [6.45, 7) is 0. The van der Waals surface area contributed by atoms with Crippen LogP contribution in [0.25, 0.3) is 6.08 Å². The van der Waals surface area contributed by atoms with Crippen LogP contribution in [0.4, 0.5) is 21.9 Å². The average Bonchev–Trinajstić information content (AvgIpc) is 3.16. The third-order valence-corrected chi connectivity index (χ3v) is 3.38. The van der Waals surface area contributed by atoms with Crippen LogP contribution in [-0.2, 0) is 4.79 Å². The first-order valence-electron chi connectivity index (χ1n) is 7.95. The van der Waals surface area contributed by atoms with E-state index in [-0.39, 0.29) is 11.9 Å². The number of hydrogen-bond acceptors (Lipinski definition) is 3. The summed E-state index contributed by atoms with van der Waals surface area (Å²) in [5, 5.41) is 8.18. The summed E-state index contributed by atoms with van der Waals surface area (Å²) in [5.74, 6) is 0.327. The van der Waals surface area contributed by atoms with Gasteiger partial charge < -0.3 is 20.4 Å². The van der Waals surface area contributed by atoms with E-state index in [9.17, 15) is 9.59 Å². The summed E-state index contributed by atoms with van der Waals surface area (Å²) in [7, 11) is 0. The van der Waals surface area contributed by atoms with Gasteiger partial charge in [-0.2, -0.15) is 0 Å². The molecule has 0 atom stereocenters. The van der Waals surface area contributed by atoms with E-state index >= 15 is 0 Å². The summed E-state index contributed by atoms with van der Waals surface area (Å²) in [4.78, 5) is 23.8. The van der Waals surface area contributed by atoms with E-state index in [0.29, 0.717) is 22.8 Å². The smallest absolute Gasteiger partial charge is 0.323 e. The van der Waals surface area contributed by atoms with E-state index in [1.807, 2.05) is 18.2 Å². The molecule has 0 fully saturated rings. The molecule has 130 valence electrons. The number of anilines is 3. The van der Waals surface area contributed by atoms with Gasteiger partial charge in [0.15, 0.2) is 0 Å². The van der Waals surface area contributed by atoms with E-state index in [4.69, 9.17) is 4.42 Å². The largest absolute Gasteiger partial charge is 0.465 e. The second kappa shape index (κ2) is 8.34. The van der Waals surface area contributed by atoms with Crippen LogP contribution < -0.4 is 16.0 Å². The lowest BCUT2D eigenvalue weighted by molar-refractivity contribution is -0.111. The number of para-hydroxylation sites is 1. The molecule has 0 spiro atoms. The van der Waals surface area contributed by atoms with Crippen molar-refractivity contribution in [2.24, 2.45) is 0 Å². The predicted octanol–water partition coefficient (Wildman–Crippen LogP) is 4.58. The molecule has 0 saturated carbocycles. The van der Waals surface area contributed by atoms with Crippen molar-refractivity contribution in [1.29, 1.82) is 0 Å². The van der Waals surface area contributed by atoms with Gasteiger partial charge in [-0.05, 0) is 54.6 Å². The van der Waals surface area contributed by atoms with Crippen LogP contribution >= 0.6 is 0 Å². The Morgan fingerprint density at radius 1 is 0.731 bits per heavy atom. The van der Waals surface area contributed by atoms with Crippen molar-refractivity contribution in [1.82, 2.24) is 0 Å². The van der Waals surface area contributed by atoms with Gasteiger partial charge in [-0.15, -0.1) is 0 Å². The molecule has 3 amide bonds. The number of carbonyl (C=O) groups excluding carboxylic acids is 2. The summed E-state index contributed by atoms with van der Waals surface area (Å²) in [6.07, 6.45) is 4.51. The van der Waals surface area contributed by atoms with Crippen LogP contribution in [0.2, 0.25) is 0 Å². The number of nitrogens with one attached hydrogen (secondary N) is 3. The van der Waals surface area contributed by atoms with Crippen LogP contribution in [0.1, 0.15) is 5.76 Å². The number of urea groups is 1. The van der Waals surface area contributed by atoms with E-state index in [2.05, 4.69) is 16.0 Å². The molecule has 0 radical (unpaired) electrons. The van der Waals surface area contributed by atoms with Gasteiger partial charge in [-0.25, -0.2) is 4.79 Å². The van der Waals surface area contributed by atoms with E-state index in [0.717, 1.165) is 0 Å². The van der Waals surface area contributed by atoms with Crippen molar-refractivity contribution >= 4 is 35.1 Å². The Morgan fingerprint density at radius 2 is 1.35 bits per heavy atom. The highest BCUT2D eigenvalue weighted by molar-refractivity contribution is 6.02. The fourth-order valence-electron chi connectivity index (χ4n) is 2.18. The lowest BCUT2D eigenvalue weighted by Crippen LogP contribution is -2.19. The molecule has 0 bridgehead atoms. The Hall–Kier alpha value is -3.80. The van der Waals surface area contributed by atoms with Crippen LogP contribution in [0.15, 0.2) is 83.5 Å². The topological polar surface area (TPSA) is 83.4 Å².